The Morgan fingerprint density at radius 2 is 1.16 bits per heavy atom. The van der Waals surface area contributed by atoms with Gasteiger partial charge in [-0.05, 0) is 47.5 Å². The lowest BCUT2D eigenvalue weighted by molar-refractivity contribution is -0.121. The van der Waals surface area contributed by atoms with Crippen molar-refractivity contribution in [3.05, 3.63) is 59.7 Å². The molecular formula is C21H23O10P. The largest absolute Gasteiger partial charge is 0.504 e. The van der Waals surface area contributed by atoms with Crippen LogP contribution in [0.2, 0.25) is 0 Å². The van der Waals surface area contributed by atoms with Gasteiger partial charge in [0.1, 0.15) is 0 Å². The summed E-state index contributed by atoms with van der Waals surface area (Å²) < 4.78 is 18.9. The minimum atomic E-state index is -4.64. The van der Waals surface area contributed by atoms with Crippen LogP contribution in [0.4, 0.5) is 0 Å². The van der Waals surface area contributed by atoms with E-state index in [9.17, 15) is 19.8 Å². The van der Waals surface area contributed by atoms with E-state index < -0.39 is 7.82 Å². The van der Waals surface area contributed by atoms with Gasteiger partial charge in [0.25, 0.3) is 0 Å². The van der Waals surface area contributed by atoms with Crippen LogP contribution in [0.1, 0.15) is 17.5 Å². The Hall–Kier alpha value is -3.43. The van der Waals surface area contributed by atoms with Gasteiger partial charge in [-0.25, -0.2) is 4.57 Å². The molecule has 10 nitrogen and oxygen atoms in total. The molecule has 172 valence electrons. The zero-order valence-electron chi connectivity index (χ0n) is 17.2. The Morgan fingerprint density at radius 3 is 1.47 bits per heavy atom. The molecular weight excluding hydrogens is 443 g/mol. The van der Waals surface area contributed by atoms with E-state index in [0.29, 0.717) is 22.6 Å². The lowest BCUT2D eigenvalue weighted by atomic mass is 10.1. The Labute approximate surface area is 183 Å². The topological polar surface area (TPSA) is 171 Å². The van der Waals surface area contributed by atoms with Crippen LogP contribution in [0.5, 0.6) is 23.0 Å². The van der Waals surface area contributed by atoms with Crippen molar-refractivity contribution in [1.29, 1.82) is 0 Å². The summed E-state index contributed by atoms with van der Waals surface area (Å²) in [4.78, 5) is 45.4. The molecule has 0 fully saturated rings. The van der Waals surface area contributed by atoms with Crippen molar-refractivity contribution in [3.8, 4) is 23.0 Å². The monoisotopic (exact) mass is 466 g/mol. The molecule has 0 atom stereocenters. The third-order valence-electron chi connectivity index (χ3n) is 3.68. The van der Waals surface area contributed by atoms with Crippen LogP contribution in [0, 0.1) is 0 Å². The predicted molar refractivity (Wildman–Crippen MR) is 116 cm³/mol. The fraction of sp³-hybridized carbons (Fsp3) is 0.143. The van der Waals surface area contributed by atoms with E-state index in [1.54, 1.807) is 36.4 Å². The molecule has 0 aliphatic carbocycles. The molecule has 5 N–H and O–H groups in total. The molecule has 0 spiro atoms. The summed E-state index contributed by atoms with van der Waals surface area (Å²) in [6.45, 7) is 0. The summed E-state index contributed by atoms with van der Waals surface area (Å²) in [5.74, 6) is -0.0832. The molecule has 32 heavy (non-hydrogen) atoms. The van der Waals surface area contributed by atoms with Crippen molar-refractivity contribution in [2.75, 3.05) is 14.2 Å². The summed E-state index contributed by atoms with van der Waals surface area (Å²) in [6.07, 6.45) is 5.44. The molecule has 2 aromatic carbocycles. The zero-order valence-corrected chi connectivity index (χ0v) is 18.1. The van der Waals surface area contributed by atoms with Crippen molar-refractivity contribution >= 4 is 31.5 Å². The van der Waals surface area contributed by atoms with Gasteiger partial charge in [-0.15, -0.1) is 0 Å². The zero-order chi connectivity index (χ0) is 24.3. The van der Waals surface area contributed by atoms with Gasteiger partial charge in [0.05, 0.1) is 20.6 Å². The maximum absolute atomic E-state index is 11.9. The van der Waals surface area contributed by atoms with Crippen LogP contribution in [-0.4, -0.2) is 50.7 Å². The van der Waals surface area contributed by atoms with Crippen LogP contribution < -0.4 is 9.47 Å². The first kappa shape index (κ1) is 26.6. The van der Waals surface area contributed by atoms with Crippen molar-refractivity contribution in [1.82, 2.24) is 0 Å². The number of benzene rings is 2. The Kier molecular flexibility index (Phi) is 10.3. The lowest BCUT2D eigenvalue weighted by Gasteiger charge is -2.03. The third kappa shape index (κ3) is 10.6. The molecule has 0 aliphatic heterocycles. The molecule has 2 rings (SSSR count). The molecule has 0 bridgehead atoms. The van der Waals surface area contributed by atoms with E-state index in [4.69, 9.17) is 28.7 Å². The molecule has 0 saturated heterocycles. The van der Waals surface area contributed by atoms with Gasteiger partial charge in [-0.1, -0.05) is 24.3 Å². The van der Waals surface area contributed by atoms with Gasteiger partial charge in [-0.3, -0.25) is 9.59 Å². The van der Waals surface area contributed by atoms with Crippen molar-refractivity contribution in [2.24, 2.45) is 0 Å². The van der Waals surface area contributed by atoms with Gasteiger partial charge in [0, 0.05) is 0 Å². The number of carbonyl (C=O) groups excluding carboxylic acids is 2. The first-order valence-electron chi connectivity index (χ1n) is 8.87. The van der Waals surface area contributed by atoms with E-state index in [1.165, 1.54) is 38.5 Å². The molecule has 0 saturated carbocycles. The average molecular weight is 466 g/mol. The first-order chi connectivity index (χ1) is 14.9. The number of phosphoric acid groups is 1. The molecule has 0 radical (unpaired) electrons. The standard InChI is InChI=1S/C21H20O6.H3O4P/c1-26-20-11-14(5-9-18(20)24)3-7-16(22)13-17(23)8-4-15-6-10-19(25)21(12-15)27-2;1-5(2,3)4/h3-12,24-25H,13H2,1-2H3;(H3,1,2,3,4)/b7-3+,8-4+;. The van der Waals surface area contributed by atoms with E-state index in [2.05, 4.69) is 0 Å². The lowest BCUT2D eigenvalue weighted by Crippen LogP contribution is -2.01. The number of phenols is 2. The van der Waals surface area contributed by atoms with Gasteiger partial charge in [0.2, 0.25) is 0 Å². The van der Waals surface area contributed by atoms with E-state index >= 15 is 0 Å². The van der Waals surface area contributed by atoms with Gasteiger partial charge < -0.3 is 34.4 Å². The summed E-state index contributed by atoms with van der Waals surface area (Å²) in [5.41, 5.74) is 1.33. The molecule has 0 aliphatic rings. The van der Waals surface area contributed by atoms with E-state index in [1.807, 2.05) is 0 Å². The normalized spacial score (nSPS) is 11.2. The number of methoxy groups -OCH3 is 2. The highest BCUT2D eigenvalue weighted by atomic mass is 31.2. The number of aromatic hydroxyl groups is 2. The fourth-order valence-corrected chi connectivity index (χ4v) is 2.26. The van der Waals surface area contributed by atoms with Gasteiger partial charge >= 0.3 is 7.82 Å². The molecule has 11 heteroatoms. The van der Waals surface area contributed by atoms with Crippen LogP contribution in [0.3, 0.4) is 0 Å². The van der Waals surface area contributed by atoms with Crippen LogP contribution in [-0.2, 0) is 14.2 Å². The second kappa shape index (κ2) is 12.4. The second-order valence-electron chi connectivity index (χ2n) is 6.15. The van der Waals surface area contributed by atoms with Crippen LogP contribution in [0.25, 0.3) is 12.2 Å². The number of hydrogen-bond acceptors (Lipinski definition) is 7. The van der Waals surface area contributed by atoms with Crippen LogP contribution >= 0.6 is 7.82 Å². The molecule has 0 unspecified atom stereocenters. The summed E-state index contributed by atoms with van der Waals surface area (Å²) in [6, 6.07) is 9.34. The number of ether oxygens (including phenoxy) is 2. The molecule has 2 aromatic rings. The Balaban J connectivity index is 0.000000920. The number of ketones is 2. The van der Waals surface area contributed by atoms with Gasteiger partial charge in [-0.2, -0.15) is 0 Å². The number of phenolic OH excluding ortho intramolecular Hbond substituents is 2. The van der Waals surface area contributed by atoms with Crippen molar-refractivity contribution < 1.29 is 48.5 Å². The van der Waals surface area contributed by atoms with Crippen molar-refractivity contribution in [3.63, 3.8) is 0 Å². The van der Waals surface area contributed by atoms with E-state index in [0.717, 1.165) is 0 Å². The minimum Gasteiger partial charge on any atom is -0.504 e. The quantitative estimate of drug-likeness (QED) is 0.221. The minimum absolute atomic E-state index is 0.00662. The van der Waals surface area contributed by atoms with Crippen LogP contribution in [0.15, 0.2) is 48.6 Å². The summed E-state index contributed by atoms with van der Waals surface area (Å²) >= 11 is 0. The highest BCUT2D eigenvalue weighted by molar-refractivity contribution is 7.45. The Morgan fingerprint density at radius 1 is 0.812 bits per heavy atom. The number of rotatable bonds is 8. The third-order valence-corrected chi connectivity index (χ3v) is 3.68. The van der Waals surface area contributed by atoms with Crippen molar-refractivity contribution in [2.45, 2.75) is 6.42 Å². The molecule has 0 aromatic heterocycles. The number of hydrogen-bond donors (Lipinski definition) is 5. The average Bonchev–Trinajstić information content (AvgIpc) is 2.71. The fourth-order valence-electron chi connectivity index (χ4n) is 2.26. The highest BCUT2D eigenvalue weighted by Gasteiger charge is 2.06. The number of carbonyl (C=O) groups is 2. The number of allylic oxidation sites excluding steroid dienone is 2. The highest BCUT2D eigenvalue weighted by Crippen LogP contribution is 2.28. The summed E-state index contributed by atoms with van der Waals surface area (Å²) in [5, 5.41) is 19.1. The maximum Gasteiger partial charge on any atom is 0.466 e. The maximum atomic E-state index is 11.9. The first-order valence-corrected chi connectivity index (χ1v) is 10.4. The second-order valence-corrected chi connectivity index (χ2v) is 7.18. The predicted octanol–water partition coefficient (Wildman–Crippen LogP) is 2.44. The molecule has 0 heterocycles. The Bertz CT molecular complexity index is 971. The summed E-state index contributed by atoms with van der Waals surface area (Å²) in [7, 11) is -1.77. The van der Waals surface area contributed by atoms with Gasteiger partial charge in [0.15, 0.2) is 34.6 Å². The smallest absolute Gasteiger partial charge is 0.466 e. The molecule has 0 amide bonds. The van der Waals surface area contributed by atoms with E-state index in [-0.39, 0.29) is 29.5 Å². The SMILES string of the molecule is COc1cc(/C=C/C(=O)CC(=O)/C=C/c2ccc(O)c(OC)c2)ccc1O.O=P(O)(O)O.